The third-order valence-corrected chi connectivity index (χ3v) is 6.15. The van der Waals surface area contributed by atoms with Crippen LogP contribution < -0.4 is 4.74 Å². The largest absolute Gasteiger partial charge is 0.573 e. The molecule has 5 rings (SSSR count). The van der Waals surface area contributed by atoms with E-state index in [2.05, 4.69) is 25.0 Å². The Balaban J connectivity index is 1.33. The maximum atomic E-state index is 14.1. The summed E-state index contributed by atoms with van der Waals surface area (Å²) in [6.07, 6.45) is -7.27. The zero-order chi connectivity index (χ0) is 30.2. The summed E-state index contributed by atoms with van der Waals surface area (Å²) in [5, 5.41) is 11.0. The van der Waals surface area contributed by atoms with Gasteiger partial charge in [-0.1, -0.05) is 22.5 Å². The van der Waals surface area contributed by atoms with Gasteiger partial charge < -0.3 is 18.9 Å². The summed E-state index contributed by atoms with van der Waals surface area (Å²) in [5.41, 5.74) is -0.431. The number of nitrogens with zero attached hydrogens (tertiary/aromatic N) is 5. The molecular formula is C26H18F7N5O4. The van der Waals surface area contributed by atoms with E-state index >= 15 is 0 Å². The predicted molar refractivity (Wildman–Crippen MR) is 131 cm³/mol. The van der Waals surface area contributed by atoms with Crippen LogP contribution in [-0.4, -0.2) is 43.8 Å². The van der Waals surface area contributed by atoms with Crippen molar-refractivity contribution >= 4 is 28.7 Å². The fraction of sp³-hybridized carbons (Fsp3) is 0.231. The van der Waals surface area contributed by atoms with Crippen LogP contribution in [0.5, 0.6) is 5.75 Å². The van der Waals surface area contributed by atoms with Gasteiger partial charge in [0.15, 0.2) is 5.71 Å². The first kappa shape index (κ1) is 28.8. The number of aromatic nitrogens is 4. The Morgan fingerprint density at radius 2 is 1.76 bits per heavy atom. The SMILES string of the molecule is Cn1c(COCc2cn(Cc3ccc(OC(F)(F)F)cc3)nn2)c(/C=C2/C(=O)ON=C2C(F)(F)F)c2cc(F)ccc21. The molecule has 16 heteroatoms. The van der Waals surface area contributed by atoms with Gasteiger partial charge in [0.2, 0.25) is 0 Å². The highest BCUT2D eigenvalue weighted by Gasteiger charge is 2.45. The number of rotatable bonds is 8. The van der Waals surface area contributed by atoms with Crippen LogP contribution in [0.3, 0.4) is 0 Å². The summed E-state index contributed by atoms with van der Waals surface area (Å²) < 4.78 is 104. The Morgan fingerprint density at radius 1 is 1.02 bits per heavy atom. The van der Waals surface area contributed by atoms with Crippen LogP contribution in [0.2, 0.25) is 0 Å². The van der Waals surface area contributed by atoms with Gasteiger partial charge in [-0.3, -0.25) is 0 Å². The van der Waals surface area contributed by atoms with Gasteiger partial charge in [-0.05, 0) is 42.0 Å². The molecular weight excluding hydrogens is 579 g/mol. The molecule has 9 nitrogen and oxygen atoms in total. The van der Waals surface area contributed by atoms with Gasteiger partial charge in [-0.15, -0.1) is 18.3 Å². The smallest absolute Gasteiger partial charge is 0.406 e. The van der Waals surface area contributed by atoms with Gasteiger partial charge in [0.05, 0.1) is 37.2 Å². The lowest BCUT2D eigenvalue weighted by Crippen LogP contribution is -2.24. The molecule has 0 bridgehead atoms. The van der Waals surface area contributed by atoms with Crippen LogP contribution in [0.25, 0.3) is 17.0 Å². The summed E-state index contributed by atoms with van der Waals surface area (Å²) in [6.45, 7) is -0.0699. The Bertz CT molecular complexity index is 1700. The number of hydrogen-bond acceptors (Lipinski definition) is 7. The molecule has 0 fully saturated rings. The van der Waals surface area contributed by atoms with Crippen LogP contribution in [0.4, 0.5) is 30.7 Å². The quantitative estimate of drug-likeness (QED) is 0.153. The Kier molecular flexibility index (Phi) is 7.49. The van der Waals surface area contributed by atoms with Crippen molar-refractivity contribution in [1.29, 1.82) is 0 Å². The first-order valence-corrected chi connectivity index (χ1v) is 12.0. The zero-order valence-corrected chi connectivity index (χ0v) is 21.3. The van der Waals surface area contributed by atoms with Gasteiger partial charge in [-0.2, -0.15) is 13.2 Å². The van der Waals surface area contributed by atoms with E-state index in [1.54, 1.807) is 17.8 Å². The van der Waals surface area contributed by atoms with Crippen molar-refractivity contribution in [2.45, 2.75) is 32.3 Å². The number of fused-ring (bicyclic) bond motifs is 1. The number of aryl methyl sites for hydroxylation is 1. The fourth-order valence-corrected chi connectivity index (χ4v) is 4.31. The second-order valence-corrected chi connectivity index (χ2v) is 9.05. The normalized spacial score (nSPS) is 15.0. The average Bonchev–Trinajstić information content (AvgIpc) is 3.57. The van der Waals surface area contributed by atoms with E-state index in [4.69, 9.17) is 4.74 Å². The molecule has 0 radical (unpaired) electrons. The molecule has 0 saturated carbocycles. The van der Waals surface area contributed by atoms with Crippen molar-refractivity contribution in [1.82, 2.24) is 19.6 Å². The number of carbonyl (C=O) groups excluding carboxylic acids is 1. The zero-order valence-electron chi connectivity index (χ0n) is 21.3. The molecule has 0 atom stereocenters. The third kappa shape index (κ3) is 6.27. The van der Waals surface area contributed by atoms with Crippen molar-refractivity contribution in [2.24, 2.45) is 12.2 Å². The highest BCUT2D eigenvalue weighted by Crippen LogP contribution is 2.33. The predicted octanol–water partition coefficient (Wildman–Crippen LogP) is 5.43. The molecule has 2 aromatic carbocycles. The molecule has 42 heavy (non-hydrogen) atoms. The average molecular weight is 597 g/mol. The number of oxime groups is 1. The number of halogens is 7. The molecule has 0 amide bonds. The maximum absolute atomic E-state index is 14.1. The molecule has 0 N–H and O–H groups in total. The van der Waals surface area contributed by atoms with Crippen molar-refractivity contribution in [3.8, 4) is 5.75 Å². The molecule has 0 spiro atoms. The second kappa shape index (κ2) is 10.9. The summed E-state index contributed by atoms with van der Waals surface area (Å²) in [4.78, 5) is 16.3. The Hall–Kier alpha value is -4.73. The first-order chi connectivity index (χ1) is 19.8. The second-order valence-electron chi connectivity index (χ2n) is 9.05. The molecule has 0 unspecified atom stereocenters. The summed E-state index contributed by atoms with van der Waals surface area (Å²) >= 11 is 0. The summed E-state index contributed by atoms with van der Waals surface area (Å²) in [5.74, 6) is -2.31. The van der Waals surface area contributed by atoms with E-state index in [0.29, 0.717) is 22.5 Å². The van der Waals surface area contributed by atoms with Crippen LogP contribution in [0.15, 0.2) is 59.4 Å². The van der Waals surface area contributed by atoms with Gasteiger partial charge in [0, 0.05) is 23.5 Å². The lowest BCUT2D eigenvalue weighted by atomic mass is 10.0. The standard InChI is InChI=1S/C26H18F7N5O4/c1-37-21-7-4-15(27)8-18(21)19(9-20-23(25(28,29)30)35-42-24(20)39)22(37)13-40-12-16-11-38(36-34-16)10-14-2-5-17(6-3-14)41-26(31,32)33/h2-9,11H,10,12-13H2,1H3/b20-9+. The van der Waals surface area contributed by atoms with Crippen molar-refractivity contribution in [2.75, 3.05) is 0 Å². The first-order valence-electron chi connectivity index (χ1n) is 12.0. The molecule has 3 heterocycles. The minimum atomic E-state index is -4.96. The van der Waals surface area contributed by atoms with E-state index < -0.39 is 35.6 Å². The molecule has 0 saturated heterocycles. The Labute approximate surface area is 231 Å². The monoisotopic (exact) mass is 597 g/mol. The van der Waals surface area contributed by atoms with Crippen LogP contribution >= 0.6 is 0 Å². The maximum Gasteiger partial charge on any atom is 0.573 e. The van der Waals surface area contributed by atoms with Crippen molar-refractivity contribution in [3.05, 3.63) is 82.6 Å². The van der Waals surface area contributed by atoms with Gasteiger partial charge >= 0.3 is 18.5 Å². The highest BCUT2D eigenvalue weighted by molar-refractivity contribution is 6.27. The topological polar surface area (TPSA) is 92.8 Å². The van der Waals surface area contributed by atoms with Gasteiger partial charge in [-0.25, -0.2) is 13.9 Å². The summed E-state index contributed by atoms with van der Waals surface area (Å²) in [7, 11) is 1.61. The van der Waals surface area contributed by atoms with Crippen molar-refractivity contribution in [3.63, 3.8) is 0 Å². The molecule has 2 aromatic heterocycles. The molecule has 0 aliphatic carbocycles. The summed E-state index contributed by atoms with van der Waals surface area (Å²) in [6, 6.07) is 8.96. The molecule has 220 valence electrons. The number of benzene rings is 2. The number of hydrogen-bond donors (Lipinski definition) is 0. The molecule has 1 aliphatic heterocycles. The molecule has 1 aliphatic rings. The highest BCUT2D eigenvalue weighted by atomic mass is 19.4. The van der Waals surface area contributed by atoms with E-state index in [9.17, 15) is 35.5 Å². The van der Waals surface area contributed by atoms with E-state index in [0.717, 1.165) is 12.1 Å². The number of alkyl halides is 6. The lowest BCUT2D eigenvalue weighted by Gasteiger charge is -2.09. The number of ether oxygens (including phenoxy) is 2. The molecule has 4 aromatic rings. The van der Waals surface area contributed by atoms with E-state index in [1.807, 2.05) is 0 Å². The third-order valence-electron chi connectivity index (χ3n) is 6.15. The van der Waals surface area contributed by atoms with E-state index in [1.165, 1.54) is 41.1 Å². The van der Waals surface area contributed by atoms with Crippen LogP contribution in [0.1, 0.15) is 22.5 Å². The van der Waals surface area contributed by atoms with Crippen molar-refractivity contribution < 1.29 is 49.8 Å². The van der Waals surface area contributed by atoms with Crippen LogP contribution in [0, 0.1) is 5.82 Å². The fourth-order valence-electron chi connectivity index (χ4n) is 4.31. The van der Waals surface area contributed by atoms with Crippen LogP contribution in [-0.2, 0) is 41.2 Å². The minimum absolute atomic E-state index is 0.0818. The Morgan fingerprint density at radius 3 is 2.45 bits per heavy atom. The van der Waals surface area contributed by atoms with Gasteiger partial charge in [0.1, 0.15) is 17.3 Å². The van der Waals surface area contributed by atoms with Gasteiger partial charge in [0.25, 0.3) is 0 Å². The van der Waals surface area contributed by atoms with E-state index in [-0.39, 0.29) is 36.5 Å². The minimum Gasteiger partial charge on any atom is -0.406 e. The number of carbonyl (C=O) groups is 1. The lowest BCUT2D eigenvalue weighted by molar-refractivity contribution is -0.274.